The van der Waals surface area contributed by atoms with E-state index in [-0.39, 0.29) is 5.91 Å². The molecule has 31 heavy (non-hydrogen) atoms. The average molecular weight is 424 g/mol. The minimum Gasteiger partial charge on any atom is -0.497 e. The summed E-state index contributed by atoms with van der Waals surface area (Å²) in [6, 6.07) is 15.1. The highest BCUT2D eigenvalue weighted by Crippen LogP contribution is 2.27. The second kappa shape index (κ2) is 10.1. The minimum absolute atomic E-state index is 0.0875. The molecule has 0 unspecified atom stereocenters. The molecule has 1 aromatic heterocycles. The van der Waals surface area contributed by atoms with Crippen molar-refractivity contribution in [2.24, 2.45) is 0 Å². The summed E-state index contributed by atoms with van der Waals surface area (Å²) in [5.74, 6) is 2.12. The van der Waals surface area contributed by atoms with Crippen molar-refractivity contribution in [3.63, 3.8) is 0 Å². The molecule has 0 aliphatic heterocycles. The first-order chi connectivity index (χ1) is 15.0. The van der Waals surface area contributed by atoms with E-state index in [4.69, 9.17) is 19.2 Å². The molecule has 0 fully saturated rings. The van der Waals surface area contributed by atoms with Crippen LogP contribution >= 0.6 is 0 Å². The van der Waals surface area contributed by atoms with Crippen molar-refractivity contribution in [3.8, 4) is 11.5 Å². The topological polar surface area (TPSA) is 64.1 Å². The highest BCUT2D eigenvalue weighted by Gasteiger charge is 2.20. The average Bonchev–Trinajstić information content (AvgIpc) is 2.80. The number of pyridine rings is 1. The zero-order valence-electron chi connectivity index (χ0n) is 18.7. The van der Waals surface area contributed by atoms with Crippen LogP contribution in [0.25, 0.3) is 10.9 Å². The van der Waals surface area contributed by atoms with Gasteiger partial charge in [-0.05, 0) is 36.4 Å². The van der Waals surface area contributed by atoms with Crippen LogP contribution in [0.2, 0.25) is 0 Å². The summed E-state index contributed by atoms with van der Waals surface area (Å²) in [5, 5.41) is 0.988. The number of carbonyl (C=O) groups excluding carboxylic acids is 1. The molecule has 1 heterocycles. The Bertz CT molecular complexity index is 1050. The molecular weight excluding hydrogens is 394 g/mol. The Hall–Kier alpha value is -3.32. The van der Waals surface area contributed by atoms with Crippen LogP contribution in [0.5, 0.6) is 11.5 Å². The van der Waals surface area contributed by atoms with Gasteiger partial charge in [-0.2, -0.15) is 0 Å². The highest BCUT2D eigenvalue weighted by molar-refractivity contribution is 5.94. The van der Waals surface area contributed by atoms with Gasteiger partial charge in [-0.25, -0.2) is 4.98 Å². The van der Waals surface area contributed by atoms with Crippen molar-refractivity contribution in [2.45, 2.75) is 6.54 Å². The number of ether oxygens (including phenoxy) is 3. The molecule has 3 rings (SSSR count). The third-order valence-electron chi connectivity index (χ3n) is 5.03. The molecule has 0 aliphatic rings. The number of nitrogens with zero attached hydrogens (tertiary/aromatic N) is 3. The summed E-state index contributed by atoms with van der Waals surface area (Å²) in [6.45, 7) is 1.30. The van der Waals surface area contributed by atoms with Crippen molar-refractivity contribution in [2.75, 3.05) is 53.5 Å². The summed E-state index contributed by atoms with van der Waals surface area (Å²) < 4.78 is 15.9. The van der Waals surface area contributed by atoms with Crippen LogP contribution in [0.15, 0.2) is 48.5 Å². The van der Waals surface area contributed by atoms with Crippen LogP contribution in [0.4, 0.5) is 5.82 Å². The summed E-state index contributed by atoms with van der Waals surface area (Å²) in [6.07, 6.45) is 0. The molecule has 0 aliphatic carbocycles. The molecule has 0 atom stereocenters. The third kappa shape index (κ3) is 5.24. The van der Waals surface area contributed by atoms with Crippen LogP contribution < -0.4 is 14.4 Å². The fraction of sp³-hybridized carbons (Fsp3) is 0.333. The van der Waals surface area contributed by atoms with E-state index in [1.54, 1.807) is 38.4 Å². The zero-order chi connectivity index (χ0) is 22.4. The predicted octanol–water partition coefficient (Wildman–Crippen LogP) is 3.61. The van der Waals surface area contributed by atoms with Crippen molar-refractivity contribution in [3.05, 3.63) is 59.7 Å². The Morgan fingerprint density at radius 1 is 0.968 bits per heavy atom. The molecule has 1 amide bonds. The number of benzene rings is 2. The number of anilines is 1. The number of methoxy groups -OCH3 is 3. The third-order valence-corrected chi connectivity index (χ3v) is 5.03. The van der Waals surface area contributed by atoms with Gasteiger partial charge in [-0.1, -0.05) is 6.07 Å². The minimum atomic E-state index is -0.0875. The lowest BCUT2D eigenvalue weighted by atomic mass is 10.1. The number of hydrogen-bond donors (Lipinski definition) is 0. The second-order valence-corrected chi connectivity index (χ2v) is 7.38. The van der Waals surface area contributed by atoms with Gasteiger partial charge in [0.2, 0.25) is 0 Å². The molecule has 2 aromatic carbocycles. The molecule has 0 radical (unpaired) electrons. The smallest absolute Gasteiger partial charge is 0.254 e. The maximum atomic E-state index is 13.3. The maximum Gasteiger partial charge on any atom is 0.254 e. The van der Waals surface area contributed by atoms with Crippen molar-refractivity contribution >= 4 is 22.6 Å². The lowest BCUT2D eigenvalue weighted by Gasteiger charge is -2.25. The zero-order valence-corrected chi connectivity index (χ0v) is 18.7. The Morgan fingerprint density at radius 2 is 1.71 bits per heavy atom. The van der Waals surface area contributed by atoms with Crippen LogP contribution in [0.3, 0.4) is 0 Å². The Morgan fingerprint density at radius 3 is 2.39 bits per heavy atom. The number of rotatable bonds is 9. The molecule has 0 bridgehead atoms. The molecular formula is C24H29N3O4. The van der Waals surface area contributed by atoms with Gasteiger partial charge in [0.25, 0.3) is 5.91 Å². The lowest BCUT2D eigenvalue weighted by Crippen LogP contribution is -2.34. The van der Waals surface area contributed by atoms with Gasteiger partial charge >= 0.3 is 0 Å². The maximum absolute atomic E-state index is 13.3. The Kier molecular flexibility index (Phi) is 7.31. The lowest BCUT2D eigenvalue weighted by molar-refractivity contribution is 0.0680. The van der Waals surface area contributed by atoms with Crippen LogP contribution in [-0.2, 0) is 11.3 Å². The number of carbonyl (C=O) groups is 1. The van der Waals surface area contributed by atoms with Crippen LogP contribution in [-0.4, -0.2) is 64.4 Å². The van der Waals surface area contributed by atoms with Crippen molar-refractivity contribution in [1.82, 2.24) is 9.88 Å². The van der Waals surface area contributed by atoms with E-state index in [0.717, 1.165) is 28.0 Å². The van der Waals surface area contributed by atoms with Gasteiger partial charge in [-0.3, -0.25) is 4.79 Å². The van der Waals surface area contributed by atoms with E-state index in [1.807, 2.05) is 49.3 Å². The summed E-state index contributed by atoms with van der Waals surface area (Å²) in [5.41, 5.74) is 2.37. The number of fused-ring (bicyclic) bond motifs is 1. The quantitative estimate of drug-likeness (QED) is 0.524. The van der Waals surface area contributed by atoms with Crippen molar-refractivity contribution in [1.29, 1.82) is 0 Å². The van der Waals surface area contributed by atoms with E-state index >= 15 is 0 Å². The van der Waals surface area contributed by atoms with E-state index < -0.39 is 0 Å². The molecule has 3 aromatic rings. The number of amides is 1. The summed E-state index contributed by atoms with van der Waals surface area (Å²) >= 11 is 0. The predicted molar refractivity (Wildman–Crippen MR) is 122 cm³/mol. The molecule has 0 N–H and O–H groups in total. The van der Waals surface area contributed by atoms with Gasteiger partial charge in [0, 0.05) is 56.9 Å². The van der Waals surface area contributed by atoms with Gasteiger partial charge in [0.15, 0.2) is 0 Å². The first kappa shape index (κ1) is 22.4. The SMILES string of the molecule is COCCN(Cc1cc2ccc(OC)cc2nc1N(C)C)C(=O)c1cccc(OC)c1. The molecule has 0 saturated carbocycles. The van der Waals surface area contributed by atoms with Gasteiger partial charge in [-0.15, -0.1) is 0 Å². The van der Waals surface area contributed by atoms with E-state index in [9.17, 15) is 4.79 Å². The molecule has 7 nitrogen and oxygen atoms in total. The van der Waals surface area contributed by atoms with Crippen molar-refractivity contribution < 1.29 is 19.0 Å². The van der Waals surface area contributed by atoms with E-state index in [0.29, 0.717) is 31.0 Å². The Balaban J connectivity index is 1.99. The second-order valence-electron chi connectivity index (χ2n) is 7.38. The standard InChI is InChI=1S/C24H29N3O4/c1-26(2)23-19(13-17-9-10-21(31-5)15-22(17)25-23)16-27(11-12-29-3)24(28)18-7-6-8-20(14-18)30-4/h6-10,13-15H,11-12,16H2,1-5H3. The van der Waals surface area contributed by atoms with E-state index in [2.05, 4.69) is 6.07 Å². The number of aromatic nitrogens is 1. The van der Waals surface area contributed by atoms with Gasteiger partial charge in [0.1, 0.15) is 17.3 Å². The van der Waals surface area contributed by atoms with Crippen LogP contribution in [0.1, 0.15) is 15.9 Å². The normalized spacial score (nSPS) is 10.7. The fourth-order valence-electron chi connectivity index (χ4n) is 3.41. The number of hydrogen-bond acceptors (Lipinski definition) is 6. The first-order valence-electron chi connectivity index (χ1n) is 10.0. The largest absolute Gasteiger partial charge is 0.497 e. The van der Waals surface area contributed by atoms with E-state index in [1.165, 1.54) is 0 Å². The molecule has 0 spiro atoms. The fourth-order valence-corrected chi connectivity index (χ4v) is 3.41. The summed E-state index contributed by atoms with van der Waals surface area (Å²) in [7, 11) is 8.75. The summed E-state index contributed by atoms with van der Waals surface area (Å²) in [4.78, 5) is 21.9. The first-order valence-corrected chi connectivity index (χ1v) is 10.0. The monoisotopic (exact) mass is 423 g/mol. The molecule has 164 valence electrons. The highest BCUT2D eigenvalue weighted by atomic mass is 16.5. The van der Waals surface area contributed by atoms with Gasteiger partial charge < -0.3 is 24.0 Å². The molecule has 0 saturated heterocycles. The van der Waals surface area contributed by atoms with Crippen LogP contribution in [0, 0.1) is 0 Å². The van der Waals surface area contributed by atoms with Gasteiger partial charge in [0.05, 0.1) is 26.3 Å². The molecule has 7 heteroatoms. The Labute approximate surface area is 183 Å².